The van der Waals surface area contributed by atoms with E-state index in [1.165, 1.54) is 0 Å². The van der Waals surface area contributed by atoms with Gasteiger partial charge in [-0.05, 0) is 13.8 Å². The Labute approximate surface area is 47.3 Å². The number of aldehydes is 1. The molecule has 0 spiro atoms. The van der Waals surface area contributed by atoms with Gasteiger partial charge in [-0.25, -0.2) is 0 Å². The third-order valence-corrected chi connectivity index (χ3v) is 0.942. The van der Waals surface area contributed by atoms with E-state index in [4.69, 9.17) is 5.11 Å². The van der Waals surface area contributed by atoms with Gasteiger partial charge in [0.05, 0.1) is 0 Å². The molecule has 0 aromatic carbocycles. The highest BCUT2D eigenvalue weighted by Crippen LogP contribution is 1.97. The van der Waals surface area contributed by atoms with Crippen LogP contribution in [-0.2, 0) is 9.59 Å². The number of carbonyl (C=O) groups excluding carboxylic acids is 2. The fourth-order valence-corrected chi connectivity index (χ4v) is 0.0830. The maximum Gasteiger partial charge on any atom is 0.174 e. The van der Waals surface area contributed by atoms with E-state index in [0.29, 0.717) is 0 Å². The fraction of sp³-hybridized carbons (Fsp3) is 0.600. The zero-order valence-electron chi connectivity index (χ0n) is 4.84. The molecule has 0 heterocycles. The molecule has 0 bridgehead atoms. The van der Waals surface area contributed by atoms with Gasteiger partial charge in [-0.2, -0.15) is 0 Å². The Hall–Kier alpha value is -0.700. The van der Waals surface area contributed by atoms with Crippen LogP contribution in [0.1, 0.15) is 13.8 Å². The fourth-order valence-electron chi connectivity index (χ4n) is 0.0830. The Morgan fingerprint density at radius 1 is 1.75 bits per heavy atom. The van der Waals surface area contributed by atoms with Crippen molar-refractivity contribution >= 4 is 12.1 Å². The first-order valence-corrected chi connectivity index (χ1v) is 2.20. The molecule has 0 aromatic heterocycles. The Kier molecular flexibility index (Phi) is 1.87. The van der Waals surface area contributed by atoms with Gasteiger partial charge in [-0.3, -0.25) is 9.59 Å². The molecule has 0 saturated carbocycles. The minimum atomic E-state index is -1.78. The minimum absolute atomic E-state index is 0.218. The average molecular weight is 116 g/mol. The highest BCUT2D eigenvalue weighted by Gasteiger charge is 2.24. The van der Waals surface area contributed by atoms with Gasteiger partial charge in [0, 0.05) is 0 Å². The molecule has 46 valence electrons. The zero-order chi connectivity index (χ0) is 6.78. The molecule has 3 heteroatoms. The monoisotopic (exact) mass is 116 g/mol. The third kappa shape index (κ3) is 1.42. The van der Waals surface area contributed by atoms with Crippen molar-refractivity contribution in [2.45, 2.75) is 19.4 Å². The van der Waals surface area contributed by atoms with Gasteiger partial charge in [0.1, 0.15) is 0 Å². The van der Waals surface area contributed by atoms with Crippen molar-refractivity contribution in [1.29, 1.82) is 0 Å². The third-order valence-electron chi connectivity index (χ3n) is 0.942. The lowest BCUT2D eigenvalue weighted by Crippen LogP contribution is -2.34. The van der Waals surface area contributed by atoms with Crippen LogP contribution in [0.25, 0.3) is 0 Å². The molecule has 8 heavy (non-hydrogen) atoms. The van der Waals surface area contributed by atoms with E-state index < -0.39 is 11.4 Å². The van der Waals surface area contributed by atoms with Crippen LogP contribution in [0.15, 0.2) is 0 Å². The van der Waals surface area contributed by atoms with Crippen LogP contribution >= 0.6 is 0 Å². The Balaban J connectivity index is 4.12. The number of carbonyl (C=O) groups is 2. The summed E-state index contributed by atoms with van der Waals surface area (Å²) >= 11 is 0. The molecule has 0 aliphatic rings. The molecule has 0 radical (unpaired) electrons. The first-order chi connectivity index (χ1) is 3.50. The molecule has 3 nitrogen and oxygen atoms in total. The summed E-state index contributed by atoms with van der Waals surface area (Å²) in [6.07, 6.45) is 0.218. The van der Waals surface area contributed by atoms with Crippen molar-refractivity contribution in [1.82, 2.24) is 0 Å². The van der Waals surface area contributed by atoms with E-state index >= 15 is 0 Å². The lowest BCUT2D eigenvalue weighted by molar-refractivity contribution is -0.140. The molecule has 0 aliphatic carbocycles. The van der Waals surface area contributed by atoms with Crippen LogP contribution in [0.2, 0.25) is 0 Å². The van der Waals surface area contributed by atoms with E-state index in [-0.39, 0.29) is 6.29 Å². The van der Waals surface area contributed by atoms with Crippen molar-refractivity contribution in [3.05, 3.63) is 0 Å². The lowest BCUT2D eigenvalue weighted by atomic mass is 10.1. The Morgan fingerprint density at radius 3 is 2.12 bits per heavy atom. The summed E-state index contributed by atoms with van der Waals surface area (Å²) in [5, 5.41) is 8.68. The quantitative estimate of drug-likeness (QED) is 0.392. The van der Waals surface area contributed by atoms with E-state index in [0.717, 1.165) is 13.8 Å². The Morgan fingerprint density at radius 2 is 2.12 bits per heavy atom. The Bertz CT molecular complexity index is 115. The van der Waals surface area contributed by atoms with Gasteiger partial charge < -0.3 is 5.11 Å². The summed E-state index contributed by atoms with van der Waals surface area (Å²) in [5.41, 5.74) is -1.78. The average Bonchev–Trinajstić information content (AvgIpc) is 1.67. The summed E-state index contributed by atoms with van der Waals surface area (Å²) in [5.74, 6) is -0.535. The topological polar surface area (TPSA) is 54.4 Å². The van der Waals surface area contributed by atoms with E-state index in [9.17, 15) is 9.59 Å². The number of hydrogen-bond acceptors (Lipinski definition) is 3. The van der Waals surface area contributed by atoms with Crippen molar-refractivity contribution in [3.8, 4) is 0 Å². The minimum Gasteiger partial charge on any atom is -0.375 e. The van der Waals surface area contributed by atoms with Crippen molar-refractivity contribution in [3.63, 3.8) is 0 Å². The predicted molar refractivity (Wildman–Crippen MR) is 27.4 cm³/mol. The molecule has 0 fully saturated rings. The molecular formula is C5H8O3. The lowest BCUT2D eigenvalue weighted by Gasteiger charge is -2.08. The second-order valence-electron chi connectivity index (χ2n) is 1.82. The van der Waals surface area contributed by atoms with Crippen molar-refractivity contribution < 1.29 is 14.7 Å². The van der Waals surface area contributed by atoms with E-state index in [2.05, 4.69) is 0 Å². The summed E-state index contributed by atoms with van der Waals surface area (Å²) in [7, 11) is 0. The van der Waals surface area contributed by atoms with Crippen LogP contribution in [0.5, 0.6) is 0 Å². The first kappa shape index (κ1) is 7.30. The molecule has 1 unspecified atom stereocenters. The molecular weight excluding hydrogens is 108 g/mol. The molecule has 0 amide bonds. The van der Waals surface area contributed by atoms with Gasteiger partial charge in [0.15, 0.2) is 17.7 Å². The van der Waals surface area contributed by atoms with Crippen molar-refractivity contribution in [2.75, 3.05) is 0 Å². The first-order valence-electron chi connectivity index (χ1n) is 2.20. The summed E-state index contributed by atoms with van der Waals surface area (Å²) in [4.78, 5) is 20.0. The standard InChI is InChI=1S/C5H8O3/c1-4(7)5(2,8)3-6/h3,8H,1-2H3. The van der Waals surface area contributed by atoms with Gasteiger partial charge in [-0.15, -0.1) is 0 Å². The van der Waals surface area contributed by atoms with E-state index in [1.807, 2.05) is 0 Å². The SMILES string of the molecule is CC(=O)C(C)(O)C=O. The molecule has 0 saturated heterocycles. The zero-order valence-corrected chi connectivity index (χ0v) is 4.84. The largest absolute Gasteiger partial charge is 0.375 e. The van der Waals surface area contributed by atoms with Crippen LogP contribution < -0.4 is 0 Å². The number of aliphatic hydroxyl groups is 1. The van der Waals surface area contributed by atoms with Gasteiger partial charge in [0.25, 0.3) is 0 Å². The highest BCUT2D eigenvalue weighted by atomic mass is 16.3. The maximum atomic E-state index is 10.2. The molecule has 0 rings (SSSR count). The van der Waals surface area contributed by atoms with Crippen LogP contribution in [0.3, 0.4) is 0 Å². The maximum absolute atomic E-state index is 10.2. The normalized spacial score (nSPS) is 16.9. The summed E-state index contributed by atoms with van der Waals surface area (Å²) in [6.45, 7) is 2.32. The van der Waals surface area contributed by atoms with Gasteiger partial charge >= 0.3 is 0 Å². The molecule has 0 aliphatic heterocycles. The van der Waals surface area contributed by atoms with Gasteiger partial charge in [0.2, 0.25) is 0 Å². The number of ketones is 1. The van der Waals surface area contributed by atoms with E-state index in [1.54, 1.807) is 0 Å². The molecule has 0 aromatic rings. The van der Waals surface area contributed by atoms with Crippen molar-refractivity contribution in [2.24, 2.45) is 0 Å². The van der Waals surface area contributed by atoms with Crippen LogP contribution in [-0.4, -0.2) is 22.8 Å². The molecule has 1 atom stereocenters. The smallest absolute Gasteiger partial charge is 0.174 e. The predicted octanol–water partition coefficient (Wildman–Crippen LogP) is -0.475. The number of Topliss-reactive ketones (excluding diaryl/α,β-unsaturated/α-hetero) is 1. The van der Waals surface area contributed by atoms with Crippen LogP contribution in [0, 0.1) is 0 Å². The van der Waals surface area contributed by atoms with Crippen LogP contribution in [0.4, 0.5) is 0 Å². The molecule has 1 N–H and O–H groups in total. The van der Waals surface area contributed by atoms with Gasteiger partial charge in [-0.1, -0.05) is 0 Å². The number of rotatable bonds is 2. The highest BCUT2D eigenvalue weighted by molar-refractivity contribution is 5.99. The summed E-state index contributed by atoms with van der Waals surface area (Å²) in [6, 6.07) is 0. The summed E-state index contributed by atoms with van der Waals surface area (Å²) < 4.78 is 0. The second-order valence-corrected chi connectivity index (χ2v) is 1.82. The number of hydrogen-bond donors (Lipinski definition) is 1. The second kappa shape index (κ2) is 2.05.